The number of hydrogen-bond acceptors (Lipinski definition) is 5. The smallest absolute Gasteiger partial charge is 0.344 e. The van der Waals surface area contributed by atoms with Crippen molar-refractivity contribution in [1.29, 1.82) is 0 Å². The third-order valence-electron chi connectivity index (χ3n) is 2.29. The molecule has 0 aliphatic carbocycles. The quantitative estimate of drug-likeness (QED) is 0.711. The first kappa shape index (κ1) is 12.4. The molecule has 8 nitrogen and oxygen atoms in total. The maximum absolute atomic E-state index is 11.6. The van der Waals surface area contributed by atoms with Gasteiger partial charge in [0.1, 0.15) is 0 Å². The van der Waals surface area contributed by atoms with E-state index in [1.807, 2.05) is 0 Å². The lowest BCUT2D eigenvalue weighted by atomic mass is 10.4. The van der Waals surface area contributed by atoms with Crippen LogP contribution in [0.25, 0.3) is 0 Å². The highest BCUT2D eigenvalue weighted by molar-refractivity contribution is 7.99. The van der Waals surface area contributed by atoms with Crippen molar-refractivity contribution in [2.45, 2.75) is 11.7 Å². The summed E-state index contributed by atoms with van der Waals surface area (Å²) < 4.78 is 3.02. The molecule has 0 aliphatic heterocycles. The minimum Gasteiger partial charge on any atom is -0.481 e. The van der Waals surface area contributed by atoms with Crippen molar-refractivity contribution in [2.75, 3.05) is 5.75 Å². The van der Waals surface area contributed by atoms with Gasteiger partial charge >= 0.3 is 11.7 Å². The molecule has 0 radical (unpaired) electrons. The van der Waals surface area contributed by atoms with E-state index in [2.05, 4.69) is 15.3 Å². The van der Waals surface area contributed by atoms with Crippen molar-refractivity contribution in [2.24, 2.45) is 7.05 Å². The topological polar surface area (TPSA) is 106 Å². The molecule has 0 amide bonds. The lowest BCUT2D eigenvalue weighted by Gasteiger charge is -2.04. The number of carbonyl (C=O) groups is 1. The first-order chi connectivity index (χ1) is 8.58. The zero-order valence-electron chi connectivity index (χ0n) is 9.53. The Morgan fingerprint density at radius 3 is 3.00 bits per heavy atom. The maximum Gasteiger partial charge on any atom is 0.344 e. The standard InChI is InChI=1S/C9H11N5O3S/c1-13-6(2-3-10-13)4-14-8(17)11-12-9(14)18-5-7(15)16/h2-3H,4-5H2,1H3,(H,11,17)(H,15,16). The SMILES string of the molecule is Cn1nccc1Cn1c(SCC(=O)O)n[nH]c1=O. The predicted octanol–water partition coefficient (Wildman–Crippen LogP) is -0.470. The molecule has 9 heteroatoms. The summed E-state index contributed by atoms with van der Waals surface area (Å²) in [6, 6.07) is 1.78. The van der Waals surface area contributed by atoms with Crippen LogP contribution in [0, 0.1) is 0 Å². The lowest BCUT2D eigenvalue weighted by Crippen LogP contribution is -2.20. The summed E-state index contributed by atoms with van der Waals surface area (Å²) >= 11 is 0.995. The van der Waals surface area contributed by atoms with E-state index < -0.39 is 5.97 Å². The summed E-state index contributed by atoms with van der Waals surface area (Å²) in [5, 5.41) is 19.1. The number of aliphatic carboxylic acids is 1. The van der Waals surface area contributed by atoms with Crippen molar-refractivity contribution in [3.63, 3.8) is 0 Å². The van der Waals surface area contributed by atoms with Gasteiger partial charge in [0.15, 0.2) is 5.16 Å². The Labute approximate surface area is 106 Å². The molecule has 0 atom stereocenters. The van der Waals surface area contributed by atoms with Crippen molar-refractivity contribution in [1.82, 2.24) is 24.5 Å². The number of nitrogens with zero attached hydrogens (tertiary/aromatic N) is 4. The molecule has 2 aromatic rings. The van der Waals surface area contributed by atoms with Crippen LogP contribution in [0.15, 0.2) is 22.2 Å². The van der Waals surface area contributed by atoms with Gasteiger partial charge in [-0.2, -0.15) is 5.10 Å². The highest BCUT2D eigenvalue weighted by atomic mass is 32.2. The number of carboxylic acid groups (broad SMARTS) is 1. The number of nitrogens with one attached hydrogen (secondary N) is 1. The Kier molecular flexibility index (Phi) is 3.51. The molecular weight excluding hydrogens is 258 g/mol. The molecule has 0 saturated heterocycles. The van der Waals surface area contributed by atoms with E-state index in [0.717, 1.165) is 17.5 Å². The van der Waals surface area contributed by atoms with E-state index in [0.29, 0.717) is 11.7 Å². The van der Waals surface area contributed by atoms with E-state index in [4.69, 9.17) is 5.11 Å². The minimum absolute atomic E-state index is 0.143. The molecule has 2 N–H and O–H groups in total. The van der Waals surface area contributed by atoms with Gasteiger partial charge < -0.3 is 5.11 Å². The molecule has 18 heavy (non-hydrogen) atoms. The van der Waals surface area contributed by atoms with Gasteiger partial charge in [-0.05, 0) is 6.07 Å². The number of hydrogen-bond donors (Lipinski definition) is 2. The Morgan fingerprint density at radius 2 is 2.39 bits per heavy atom. The number of carboxylic acids is 1. The fraction of sp³-hybridized carbons (Fsp3) is 0.333. The predicted molar refractivity (Wildman–Crippen MR) is 63.5 cm³/mol. The molecule has 0 aliphatic rings. The Balaban J connectivity index is 2.22. The molecule has 2 heterocycles. The number of aromatic nitrogens is 5. The van der Waals surface area contributed by atoms with Crippen LogP contribution in [0.2, 0.25) is 0 Å². The van der Waals surface area contributed by atoms with Crippen molar-refractivity contribution >= 4 is 17.7 Å². The monoisotopic (exact) mass is 269 g/mol. The Hall–Kier alpha value is -2.03. The fourth-order valence-electron chi connectivity index (χ4n) is 1.40. The second-order valence-electron chi connectivity index (χ2n) is 3.53. The summed E-state index contributed by atoms with van der Waals surface area (Å²) in [7, 11) is 1.77. The van der Waals surface area contributed by atoms with Gasteiger partial charge in [0, 0.05) is 13.2 Å². The number of thioether (sulfide) groups is 1. The Morgan fingerprint density at radius 1 is 1.61 bits per heavy atom. The normalized spacial score (nSPS) is 10.7. The summed E-state index contributed by atoms with van der Waals surface area (Å²) in [6.45, 7) is 0.299. The van der Waals surface area contributed by atoms with E-state index in [-0.39, 0.29) is 11.4 Å². The molecular formula is C9H11N5O3S. The molecule has 96 valence electrons. The van der Waals surface area contributed by atoms with E-state index in [1.165, 1.54) is 4.57 Å². The molecule has 2 aromatic heterocycles. The van der Waals surface area contributed by atoms with Gasteiger partial charge in [-0.25, -0.2) is 9.89 Å². The lowest BCUT2D eigenvalue weighted by molar-refractivity contribution is -0.133. The van der Waals surface area contributed by atoms with Gasteiger partial charge in [0.25, 0.3) is 0 Å². The first-order valence-corrected chi connectivity index (χ1v) is 6.03. The molecule has 0 bridgehead atoms. The highest BCUT2D eigenvalue weighted by Gasteiger charge is 2.12. The van der Waals surface area contributed by atoms with Gasteiger partial charge in [0.2, 0.25) is 0 Å². The average molecular weight is 269 g/mol. The fourth-order valence-corrected chi connectivity index (χ4v) is 2.06. The maximum atomic E-state index is 11.6. The molecule has 0 spiro atoms. The summed E-state index contributed by atoms with van der Waals surface area (Å²) in [5.74, 6) is -1.10. The second kappa shape index (κ2) is 5.08. The zero-order valence-corrected chi connectivity index (χ0v) is 10.3. The van der Waals surface area contributed by atoms with Crippen LogP contribution in [0.4, 0.5) is 0 Å². The van der Waals surface area contributed by atoms with Gasteiger partial charge in [0.05, 0.1) is 18.0 Å². The molecule has 2 rings (SSSR count). The molecule has 0 unspecified atom stereocenters. The first-order valence-electron chi connectivity index (χ1n) is 5.04. The number of aromatic amines is 1. The summed E-state index contributed by atoms with van der Waals surface area (Å²) in [6.07, 6.45) is 1.63. The van der Waals surface area contributed by atoms with Gasteiger partial charge in [-0.15, -0.1) is 5.10 Å². The van der Waals surface area contributed by atoms with E-state index >= 15 is 0 Å². The summed E-state index contributed by atoms with van der Waals surface area (Å²) in [5.41, 5.74) is 0.458. The van der Waals surface area contributed by atoms with Gasteiger partial charge in [-0.1, -0.05) is 11.8 Å². The number of rotatable bonds is 5. The number of aryl methyl sites for hydroxylation is 1. The van der Waals surface area contributed by atoms with Crippen LogP contribution in [0.5, 0.6) is 0 Å². The zero-order chi connectivity index (χ0) is 13.1. The van der Waals surface area contributed by atoms with Crippen LogP contribution in [-0.4, -0.2) is 41.4 Å². The van der Waals surface area contributed by atoms with Crippen molar-refractivity contribution in [3.05, 3.63) is 28.4 Å². The van der Waals surface area contributed by atoms with Gasteiger partial charge in [-0.3, -0.25) is 14.0 Å². The van der Waals surface area contributed by atoms with E-state index in [9.17, 15) is 9.59 Å². The summed E-state index contributed by atoms with van der Waals surface area (Å²) in [4.78, 5) is 22.1. The molecule has 0 saturated carbocycles. The largest absolute Gasteiger partial charge is 0.481 e. The Bertz CT molecular complexity index is 614. The number of H-pyrrole nitrogens is 1. The molecule has 0 fully saturated rings. The van der Waals surface area contributed by atoms with E-state index in [1.54, 1.807) is 24.0 Å². The minimum atomic E-state index is -0.956. The van der Waals surface area contributed by atoms with Crippen LogP contribution < -0.4 is 5.69 Å². The van der Waals surface area contributed by atoms with Crippen LogP contribution in [-0.2, 0) is 18.4 Å². The molecule has 0 aromatic carbocycles. The average Bonchev–Trinajstić information content (AvgIpc) is 2.86. The van der Waals surface area contributed by atoms with Crippen LogP contribution in [0.1, 0.15) is 5.69 Å². The third kappa shape index (κ3) is 2.62. The highest BCUT2D eigenvalue weighted by Crippen LogP contribution is 2.13. The van der Waals surface area contributed by atoms with Crippen molar-refractivity contribution in [3.8, 4) is 0 Å². The third-order valence-corrected chi connectivity index (χ3v) is 3.25. The van der Waals surface area contributed by atoms with Crippen LogP contribution in [0.3, 0.4) is 0 Å². The van der Waals surface area contributed by atoms with Crippen molar-refractivity contribution < 1.29 is 9.90 Å². The van der Waals surface area contributed by atoms with Crippen LogP contribution >= 0.6 is 11.8 Å². The second-order valence-corrected chi connectivity index (χ2v) is 4.47.